The molecule has 0 saturated heterocycles. The van der Waals surface area contributed by atoms with Crippen LogP contribution in [0.2, 0.25) is 13.1 Å². The Morgan fingerprint density at radius 2 is 0.938 bits per heavy atom. The van der Waals surface area contributed by atoms with Crippen LogP contribution in [0, 0.1) is 21.8 Å². The van der Waals surface area contributed by atoms with Gasteiger partial charge in [-0.3, -0.25) is 0 Å². The third-order valence-corrected chi connectivity index (χ3v) is 8.46. The maximum Gasteiger partial charge on any atom is 4.00 e. The molecule has 6 aromatic carbocycles. The van der Waals surface area contributed by atoms with Crippen molar-refractivity contribution in [2.24, 2.45) is 0 Å². The van der Waals surface area contributed by atoms with E-state index < -0.39 is 0 Å². The summed E-state index contributed by atoms with van der Waals surface area (Å²) < 4.78 is 0. The van der Waals surface area contributed by atoms with Crippen molar-refractivity contribution in [2.75, 3.05) is 0 Å². The first kappa shape index (κ1) is 43.2. The average molecular weight is 818 g/mol. The normalized spacial score (nSPS) is 11.0. The van der Waals surface area contributed by atoms with Crippen molar-refractivity contribution in [3.05, 3.63) is 146 Å². The second-order valence-electron chi connectivity index (χ2n) is 14.7. The fourth-order valence-electron chi connectivity index (χ4n) is 5.78. The first-order chi connectivity index (χ1) is 21.2. The zero-order valence-electron chi connectivity index (χ0n) is 32.0. The summed E-state index contributed by atoms with van der Waals surface area (Å²) in [6.07, 6.45) is 0. The van der Waals surface area contributed by atoms with Crippen molar-refractivity contribution < 1.29 is 25.8 Å². The summed E-state index contributed by atoms with van der Waals surface area (Å²) in [6.45, 7) is 24.5. The smallest absolute Gasteiger partial charge is 0.358 e. The van der Waals surface area contributed by atoms with Crippen molar-refractivity contribution in [1.82, 2.24) is 0 Å². The molecule has 0 bridgehead atoms. The van der Waals surface area contributed by atoms with Crippen molar-refractivity contribution in [1.29, 1.82) is 0 Å². The van der Waals surface area contributed by atoms with E-state index in [1.807, 2.05) is 0 Å². The third kappa shape index (κ3) is 10.6. The Morgan fingerprint density at radius 3 is 1.31 bits per heavy atom. The van der Waals surface area contributed by atoms with Gasteiger partial charge in [-0.05, 0) is 39.0 Å². The van der Waals surface area contributed by atoms with Gasteiger partial charge in [-0.2, -0.15) is 12.1 Å². The van der Waals surface area contributed by atoms with Gasteiger partial charge in [0.05, 0.1) is 0 Å². The Labute approximate surface area is 315 Å². The van der Waals surface area contributed by atoms with E-state index in [0.29, 0.717) is 5.92 Å². The van der Waals surface area contributed by atoms with Crippen LogP contribution in [-0.2, 0) is 36.7 Å². The number of rotatable bonds is 3. The molecule has 2 heteroatoms. The molecule has 0 atom stereocenters. The van der Waals surface area contributed by atoms with Gasteiger partial charge in [0.2, 0.25) is 0 Å². The van der Waals surface area contributed by atoms with Gasteiger partial charge in [-0.25, -0.2) is 0 Å². The van der Waals surface area contributed by atoms with Crippen LogP contribution < -0.4 is 0 Å². The average Bonchev–Trinajstić information content (AvgIpc) is 3.60. The molecule has 0 N–H and O–H groups in total. The maximum absolute atomic E-state index is 2.35. The van der Waals surface area contributed by atoms with Gasteiger partial charge in [-0.15, -0.1) is 69.1 Å². The Kier molecular flexibility index (Phi) is 16.4. The first-order valence-electron chi connectivity index (χ1n) is 16.4. The summed E-state index contributed by atoms with van der Waals surface area (Å²) in [5, 5.41) is 5.41. The minimum absolute atomic E-state index is 0. The molecule has 0 spiro atoms. The Balaban J connectivity index is 0.000000421. The molecule has 0 heterocycles. The van der Waals surface area contributed by atoms with Crippen molar-refractivity contribution in [2.45, 2.75) is 92.2 Å². The third-order valence-electron chi connectivity index (χ3n) is 8.46. The molecule has 2 radical (unpaired) electrons. The van der Waals surface area contributed by atoms with Gasteiger partial charge in [0.25, 0.3) is 0 Å². The van der Waals surface area contributed by atoms with Gasteiger partial charge in [0, 0.05) is 9.52 Å². The largest absolute Gasteiger partial charge is 4.00 e. The topological polar surface area (TPSA) is 0 Å². The SMILES string of the molecule is CC(C)c1cc2c(-c3ccc(C(C)(C)C)cc3)cccc2[cH-]1.C[Si]C.Cc1cc2c(-c3ccc(C(C)(C)C)cc3)cccc2[cH-]1.[CH3-].[CH3-].[Hf+4]. The van der Waals surface area contributed by atoms with Crippen LogP contribution in [0.25, 0.3) is 43.8 Å². The summed E-state index contributed by atoms with van der Waals surface area (Å²) >= 11 is 0. The molecule has 0 amide bonds. The summed E-state index contributed by atoms with van der Waals surface area (Å²) in [4.78, 5) is 0. The van der Waals surface area contributed by atoms with E-state index in [-0.39, 0.29) is 51.5 Å². The summed E-state index contributed by atoms with van der Waals surface area (Å²) in [5.41, 5.74) is 11.2. The molecule has 48 heavy (non-hydrogen) atoms. The van der Waals surface area contributed by atoms with E-state index in [4.69, 9.17) is 0 Å². The fraction of sp³-hybridized carbons (Fsp3) is 0.304. The molecular weight excluding hydrogens is 759 g/mol. The fourth-order valence-corrected chi connectivity index (χ4v) is 5.78. The number of hydrogen-bond acceptors (Lipinski definition) is 0. The second-order valence-corrected chi connectivity index (χ2v) is 15.7. The number of benzene rings is 4. The molecule has 6 rings (SSSR count). The molecule has 0 aliphatic heterocycles. The standard InChI is InChI=1S/C22H25.C20H21.C2H6Si.2CH3.Hf/c1-15(2)18-13-17-7-6-8-20(21(17)14-18)16-9-11-19(12-10-16)22(3,4)5;1-14-12-16-6-5-7-18(19(16)13-14)15-8-10-17(11-9-15)20(2,3)4;1-3-2;;;/h6-15H,1-5H3;5-13H,1-4H3;1-2H3;2*1H3;/q2*-1;;2*-1;+4. The van der Waals surface area contributed by atoms with E-state index in [0.717, 1.165) is 9.52 Å². The Morgan fingerprint density at radius 1 is 0.562 bits per heavy atom. The maximum atomic E-state index is 2.35. The Hall–Kier alpha value is -2.81. The van der Waals surface area contributed by atoms with Crippen molar-refractivity contribution in [3.63, 3.8) is 0 Å². The predicted octanol–water partition coefficient (Wildman–Crippen LogP) is 14.2. The zero-order valence-corrected chi connectivity index (χ0v) is 36.6. The molecular formula is C46H58HfSi. The van der Waals surface area contributed by atoms with Gasteiger partial charge >= 0.3 is 25.8 Å². The molecule has 250 valence electrons. The second kappa shape index (κ2) is 18.3. The molecule has 0 nitrogen and oxygen atoms in total. The van der Waals surface area contributed by atoms with Crippen LogP contribution in [0.1, 0.15) is 83.6 Å². The minimum atomic E-state index is 0. The van der Waals surface area contributed by atoms with Crippen molar-refractivity contribution in [3.8, 4) is 22.3 Å². The molecule has 0 unspecified atom stereocenters. The van der Waals surface area contributed by atoms with Crippen molar-refractivity contribution >= 4 is 31.1 Å². The summed E-state index contributed by atoms with van der Waals surface area (Å²) in [6, 6.07) is 40.4. The number of aryl methyl sites for hydroxylation is 1. The molecule has 0 aromatic heterocycles. The van der Waals surface area contributed by atoms with Crippen LogP contribution >= 0.6 is 0 Å². The van der Waals surface area contributed by atoms with E-state index in [9.17, 15) is 0 Å². The van der Waals surface area contributed by atoms with E-state index >= 15 is 0 Å². The van der Waals surface area contributed by atoms with Crippen LogP contribution in [0.5, 0.6) is 0 Å². The zero-order chi connectivity index (χ0) is 32.9. The van der Waals surface area contributed by atoms with Crippen LogP contribution in [0.3, 0.4) is 0 Å². The first-order valence-corrected chi connectivity index (χ1v) is 18.4. The molecule has 0 aliphatic rings. The molecule has 0 aliphatic carbocycles. The quantitative estimate of drug-likeness (QED) is 0.123. The summed E-state index contributed by atoms with van der Waals surface area (Å²) in [7, 11) is 1.08. The Bertz CT molecular complexity index is 1810. The van der Waals surface area contributed by atoms with Gasteiger partial charge in [0.15, 0.2) is 0 Å². The molecule has 0 fully saturated rings. The minimum Gasteiger partial charge on any atom is -0.358 e. The van der Waals surface area contributed by atoms with E-state index in [1.165, 1.54) is 66.1 Å². The monoisotopic (exact) mass is 818 g/mol. The molecule has 0 saturated carbocycles. The number of hydrogen-bond donors (Lipinski definition) is 0. The molecule has 6 aromatic rings. The van der Waals surface area contributed by atoms with Gasteiger partial charge in [0.1, 0.15) is 0 Å². The van der Waals surface area contributed by atoms with Crippen LogP contribution in [0.15, 0.2) is 109 Å². The van der Waals surface area contributed by atoms with Crippen LogP contribution in [-0.4, -0.2) is 9.52 Å². The predicted molar refractivity (Wildman–Crippen MR) is 216 cm³/mol. The summed E-state index contributed by atoms with van der Waals surface area (Å²) in [5.74, 6) is 0.573. The van der Waals surface area contributed by atoms with E-state index in [2.05, 4.69) is 185 Å². The van der Waals surface area contributed by atoms with Gasteiger partial charge in [-0.1, -0.05) is 147 Å². The van der Waals surface area contributed by atoms with Crippen LogP contribution in [0.4, 0.5) is 0 Å². The van der Waals surface area contributed by atoms with Gasteiger partial charge < -0.3 is 14.9 Å². The van der Waals surface area contributed by atoms with E-state index in [1.54, 1.807) is 0 Å². The number of fused-ring (bicyclic) bond motifs is 2.